The molecule has 0 aliphatic carbocycles. The number of rotatable bonds is 6. The molecule has 4 N–H and O–H groups in total. The number of likely N-dealkylation sites (tertiary alicyclic amines) is 1. The number of nitrogens with one attached hydrogen (secondary N) is 1. The number of hydrogen-bond acceptors (Lipinski definition) is 6. The third-order valence-electron chi connectivity index (χ3n) is 5.41. The van der Waals surface area contributed by atoms with Gasteiger partial charge in [-0.15, -0.1) is 0 Å². The Hall–Kier alpha value is -4.29. The fraction of sp³-hybridized carbons (Fsp3) is 0.238. The number of nitrogens with two attached hydrogens (primary N) is 1. The molecule has 3 amide bonds. The molecule has 2 radical (unpaired) electrons. The van der Waals surface area contributed by atoms with Crippen LogP contribution in [0.1, 0.15) is 27.3 Å². The number of carbonyl (C=O) groups excluding carboxylic acids is 3. The fourth-order valence-corrected chi connectivity index (χ4v) is 3.87. The zero-order chi connectivity index (χ0) is 24.6. The van der Waals surface area contributed by atoms with Crippen LogP contribution in [-0.4, -0.2) is 75.1 Å². The topological polar surface area (TPSA) is 161 Å². The Morgan fingerprint density at radius 1 is 1.24 bits per heavy atom. The predicted octanol–water partition coefficient (Wildman–Crippen LogP) is -0.400. The molecular weight excluding hydrogens is 446 g/mol. The van der Waals surface area contributed by atoms with E-state index < -0.39 is 42.4 Å². The molecule has 11 nitrogen and oxygen atoms in total. The molecule has 1 aromatic carbocycles. The second kappa shape index (κ2) is 8.92. The average Bonchev–Trinajstić information content (AvgIpc) is 3.34. The number of pyridine rings is 1. The number of halogens is 1. The molecule has 0 saturated carbocycles. The number of carboxylic acid groups (broad SMARTS) is 1. The van der Waals surface area contributed by atoms with Crippen LogP contribution in [0.5, 0.6) is 0 Å². The van der Waals surface area contributed by atoms with Crippen molar-refractivity contribution in [2.24, 2.45) is 5.73 Å². The van der Waals surface area contributed by atoms with Gasteiger partial charge in [-0.05, 0) is 29.9 Å². The van der Waals surface area contributed by atoms with Gasteiger partial charge in [0.1, 0.15) is 32.4 Å². The van der Waals surface area contributed by atoms with Gasteiger partial charge in [-0.1, -0.05) is 12.1 Å². The molecular formula is C21H18BFN6O5. The SMILES string of the molecule is [B]c1cccc(NC(=O)C2CC(F)CN2C(=O)Cn2nc(C(N)=O)c3cc(C(=O)O)ccc32)n1. The number of carbonyl (C=O) groups is 4. The second-order valence-corrected chi connectivity index (χ2v) is 7.74. The van der Waals surface area contributed by atoms with Gasteiger partial charge < -0.3 is 21.1 Å². The lowest BCUT2D eigenvalue weighted by atomic mass is 10.0. The molecule has 172 valence electrons. The van der Waals surface area contributed by atoms with Gasteiger partial charge in [0.15, 0.2) is 5.69 Å². The number of amides is 3. The summed E-state index contributed by atoms with van der Waals surface area (Å²) < 4.78 is 15.4. The minimum atomic E-state index is -1.41. The van der Waals surface area contributed by atoms with Crippen molar-refractivity contribution >= 4 is 53.9 Å². The van der Waals surface area contributed by atoms with Crippen LogP contribution in [0.3, 0.4) is 0 Å². The van der Waals surface area contributed by atoms with Gasteiger partial charge in [0.25, 0.3) is 5.91 Å². The molecule has 2 atom stereocenters. The van der Waals surface area contributed by atoms with E-state index in [9.17, 15) is 28.7 Å². The average molecular weight is 464 g/mol. The summed E-state index contributed by atoms with van der Waals surface area (Å²) in [5, 5.41) is 15.9. The number of nitrogens with zero attached hydrogens (tertiary/aromatic N) is 4. The van der Waals surface area contributed by atoms with Gasteiger partial charge in [-0.2, -0.15) is 5.10 Å². The monoisotopic (exact) mass is 464 g/mol. The van der Waals surface area contributed by atoms with E-state index in [0.717, 1.165) is 4.90 Å². The summed E-state index contributed by atoms with van der Waals surface area (Å²) in [5.74, 6) is -3.20. The van der Waals surface area contributed by atoms with E-state index in [-0.39, 0.29) is 46.5 Å². The highest BCUT2D eigenvalue weighted by Crippen LogP contribution is 2.24. The summed E-state index contributed by atoms with van der Waals surface area (Å²) in [6.07, 6.45) is -1.61. The number of fused-ring (bicyclic) bond motifs is 1. The first kappa shape index (κ1) is 22.9. The molecule has 13 heteroatoms. The van der Waals surface area contributed by atoms with Crippen molar-refractivity contribution in [1.82, 2.24) is 19.7 Å². The lowest BCUT2D eigenvalue weighted by molar-refractivity contribution is -0.137. The first-order chi connectivity index (χ1) is 16.1. The molecule has 2 aromatic heterocycles. The maximum absolute atomic E-state index is 14.2. The van der Waals surface area contributed by atoms with E-state index in [1.807, 2.05) is 0 Å². The Labute approximate surface area is 193 Å². The van der Waals surface area contributed by atoms with Gasteiger partial charge in [-0.3, -0.25) is 19.1 Å². The minimum absolute atomic E-state index is 0.0902. The van der Waals surface area contributed by atoms with Crippen molar-refractivity contribution < 1.29 is 28.7 Å². The summed E-state index contributed by atoms with van der Waals surface area (Å²) in [4.78, 5) is 54.0. The Kier molecular flexibility index (Phi) is 6.01. The standard InChI is InChI=1S/C21H18BFN6O5/c22-15-2-1-3-16(25-15)26-20(32)14-7-11(23)8-28(14)17(30)9-29-13-5-4-10(21(33)34)6-12(13)18(27-29)19(24)31/h1-6,11,14H,7-9H2,(H2,24,31)(H,33,34)(H,25,26,32). The van der Waals surface area contributed by atoms with Crippen LogP contribution in [0.2, 0.25) is 0 Å². The number of benzene rings is 1. The van der Waals surface area contributed by atoms with E-state index in [0.29, 0.717) is 0 Å². The van der Waals surface area contributed by atoms with E-state index in [2.05, 4.69) is 15.4 Å². The molecule has 1 aliphatic heterocycles. The molecule has 1 fully saturated rings. The van der Waals surface area contributed by atoms with Gasteiger partial charge in [0.2, 0.25) is 11.8 Å². The second-order valence-electron chi connectivity index (χ2n) is 7.74. The van der Waals surface area contributed by atoms with Gasteiger partial charge in [0.05, 0.1) is 17.6 Å². The highest BCUT2D eigenvalue weighted by atomic mass is 19.1. The van der Waals surface area contributed by atoms with Crippen LogP contribution in [0, 0.1) is 0 Å². The smallest absolute Gasteiger partial charge is 0.335 e. The zero-order valence-corrected chi connectivity index (χ0v) is 17.6. The number of carboxylic acids is 1. The van der Waals surface area contributed by atoms with Crippen molar-refractivity contribution in [1.29, 1.82) is 0 Å². The van der Waals surface area contributed by atoms with E-state index in [1.54, 1.807) is 6.07 Å². The molecule has 1 aliphatic rings. The third kappa shape index (κ3) is 4.44. The van der Waals surface area contributed by atoms with Gasteiger partial charge >= 0.3 is 5.97 Å². The van der Waals surface area contributed by atoms with Crippen molar-refractivity contribution in [3.05, 3.63) is 47.7 Å². The molecule has 3 aromatic rings. The van der Waals surface area contributed by atoms with E-state index in [4.69, 9.17) is 13.6 Å². The molecule has 34 heavy (non-hydrogen) atoms. The van der Waals surface area contributed by atoms with Crippen LogP contribution >= 0.6 is 0 Å². The molecule has 4 rings (SSSR count). The zero-order valence-electron chi connectivity index (χ0n) is 17.6. The minimum Gasteiger partial charge on any atom is -0.478 e. The highest BCUT2D eigenvalue weighted by molar-refractivity contribution is 6.30. The first-order valence-corrected chi connectivity index (χ1v) is 10.1. The first-order valence-electron chi connectivity index (χ1n) is 10.1. The Bertz CT molecular complexity index is 1330. The summed E-state index contributed by atoms with van der Waals surface area (Å²) in [7, 11) is 5.60. The number of anilines is 1. The largest absolute Gasteiger partial charge is 0.478 e. The normalized spacial score (nSPS) is 17.6. The Balaban J connectivity index is 1.59. The summed E-state index contributed by atoms with van der Waals surface area (Å²) in [5.41, 5.74) is 5.53. The van der Waals surface area contributed by atoms with Crippen LogP contribution < -0.4 is 16.6 Å². The van der Waals surface area contributed by atoms with Crippen molar-refractivity contribution in [2.75, 3.05) is 11.9 Å². The van der Waals surface area contributed by atoms with Crippen molar-refractivity contribution in [3.8, 4) is 0 Å². The van der Waals surface area contributed by atoms with Crippen LogP contribution in [0.25, 0.3) is 10.9 Å². The maximum atomic E-state index is 14.2. The fourth-order valence-electron chi connectivity index (χ4n) is 3.87. The van der Waals surface area contributed by atoms with Crippen molar-refractivity contribution in [2.45, 2.75) is 25.2 Å². The molecule has 1 saturated heterocycles. The number of alkyl halides is 1. The Morgan fingerprint density at radius 2 is 2.00 bits per heavy atom. The van der Waals surface area contributed by atoms with E-state index in [1.165, 1.54) is 35.0 Å². The van der Waals surface area contributed by atoms with Crippen LogP contribution in [0.15, 0.2) is 36.4 Å². The summed E-state index contributed by atoms with van der Waals surface area (Å²) in [6, 6.07) is 7.45. The number of hydrogen-bond donors (Lipinski definition) is 3. The van der Waals surface area contributed by atoms with Gasteiger partial charge in [0, 0.05) is 11.8 Å². The van der Waals surface area contributed by atoms with Crippen LogP contribution in [0.4, 0.5) is 10.2 Å². The summed E-state index contributed by atoms with van der Waals surface area (Å²) in [6.45, 7) is -0.727. The molecule has 2 unspecified atom stereocenters. The lowest BCUT2D eigenvalue weighted by Crippen LogP contribution is -2.44. The van der Waals surface area contributed by atoms with Gasteiger partial charge in [-0.25, -0.2) is 14.2 Å². The Morgan fingerprint density at radius 3 is 2.68 bits per heavy atom. The number of aromatic carboxylic acids is 1. The third-order valence-corrected chi connectivity index (χ3v) is 5.41. The molecule has 0 spiro atoms. The van der Waals surface area contributed by atoms with Crippen molar-refractivity contribution in [3.63, 3.8) is 0 Å². The molecule has 3 heterocycles. The van der Waals surface area contributed by atoms with Crippen LogP contribution in [-0.2, 0) is 16.1 Å². The number of primary amides is 1. The maximum Gasteiger partial charge on any atom is 0.335 e. The predicted molar refractivity (Wildman–Crippen MR) is 118 cm³/mol. The lowest BCUT2D eigenvalue weighted by Gasteiger charge is -2.23. The van der Waals surface area contributed by atoms with E-state index >= 15 is 0 Å². The number of aromatic nitrogens is 3. The highest BCUT2D eigenvalue weighted by Gasteiger charge is 2.40. The molecule has 0 bridgehead atoms. The summed E-state index contributed by atoms with van der Waals surface area (Å²) >= 11 is 0. The quantitative estimate of drug-likeness (QED) is 0.419.